The Hall–Kier alpha value is -4.11. The van der Waals surface area contributed by atoms with E-state index in [1.54, 1.807) is 6.20 Å². The Labute approximate surface area is 278 Å². The van der Waals surface area contributed by atoms with Crippen molar-refractivity contribution >= 4 is 27.5 Å². The summed E-state index contributed by atoms with van der Waals surface area (Å²) in [5, 5.41) is 15.5. The van der Waals surface area contributed by atoms with Crippen LogP contribution in [0.15, 0.2) is 30.5 Å². The second-order valence-electron chi connectivity index (χ2n) is 14.1. The molecule has 2 aromatic heterocycles. The SMILES string of the molecule is C#Cc1c(F)ccc2cc(O)cc(-c3ncc4c(N5C[C@H]6CC[C@@H](C5)N6)nc(OCC56CCCN5C(COC(C)C)CC6)nc4c3F)c12. The van der Waals surface area contributed by atoms with Crippen LogP contribution in [0.2, 0.25) is 0 Å². The standard InChI is InChI=1S/C37H40F2N6O3/c1-4-27-30(38)9-6-22-14-26(46)15-28(31(22)27)33-32(39)34-29(16-40-33)35(44-17-23-7-8-24(18-44)41-23)43-36(42-34)48-20-37-11-5-13-45(37)25(10-12-37)19-47-21(2)3/h1,6,9,14-16,21,23-25,41,46H,5,7-8,10-13,17-20H2,2-3H3/t23-,24+,25?,37?. The third-order valence-corrected chi connectivity index (χ3v) is 10.7. The molecule has 0 radical (unpaired) electrons. The minimum absolute atomic E-state index is 0.0264. The number of fused-ring (bicyclic) bond motifs is 5. The minimum atomic E-state index is -0.717. The molecule has 6 heterocycles. The average molecular weight is 655 g/mol. The van der Waals surface area contributed by atoms with Gasteiger partial charge in [-0.3, -0.25) is 9.88 Å². The van der Waals surface area contributed by atoms with E-state index in [1.807, 2.05) is 0 Å². The topological polar surface area (TPSA) is 95.9 Å². The van der Waals surface area contributed by atoms with E-state index in [4.69, 9.17) is 20.9 Å². The minimum Gasteiger partial charge on any atom is -0.508 e. The van der Waals surface area contributed by atoms with Crippen molar-refractivity contribution in [2.75, 3.05) is 37.7 Å². The lowest BCUT2D eigenvalue weighted by Crippen LogP contribution is -2.51. The summed E-state index contributed by atoms with van der Waals surface area (Å²) in [6.45, 7) is 7.64. The van der Waals surface area contributed by atoms with Crippen molar-refractivity contribution in [1.29, 1.82) is 0 Å². The first kappa shape index (κ1) is 31.2. The number of aromatic hydroxyl groups is 1. The maximum absolute atomic E-state index is 16.9. The third-order valence-electron chi connectivity index (χ3n) is 10.7. The molecule has 250 valence electrons. The lowest BCUT2D eigenvalue weighted by Gasteiger charge is -2.35. The number of phenolic OH excluding ortho intramolecular Hbond substituents is 1. The van der Waals surface area contributed by atoms with Gasteiger partial charge in [0.2, 0.25) is 0 Å². The summed E-state index contributed by atoms with van der Waals surface area (Å²) in [6, 6.07) is 6.66. The Kier molecular flexibility index (Phi) is 7.85. The van der Waals surface area contributed by atoms with Gasteiger partial charge in [-0.25, -0.2) is 8.78 Å². The molecule has 0 aliphatic carbocycles. The fourth-order valence-electron chi connectivity index (χ4n) is 8.53. The zero-order valence-corrected chi connectivity index (χ0v) is 27.3. The van der Waals surface area contributed by atoms with Crippen LogP contribution in [0, 0.1) is 24.0 Å². The number of hydrogen-bond donors (Lipinski definition) is 2. The summed E-state index contributed by atoms with van der Waals surface area (Å²) >= 11 is 0. The largest absolute Gasteiger partial charge is 0.508 e. The first-order chi connectivity index (χ1) is 23.2. The number of anilines is 1. The number of phenols is 1. The quantitative estimate of drug-likeness (QED) is 0.237. The number of nitrogens with zero attached hydrogens (tertiary/aromatic N) is 5. The zero-order chi connectivity index (χ0) is 33.2. The van der Waals surface area contributed by atoms with Gasteiger partial charge in [-0.15, -0.1) is 6.42 Å². The summed E-state index contributed by atoms with van der Waals surface area (Å²) in [5.74, 6) is 1.53. The van der Waals surface area contributed by atoms with Crippen molar-refractivity contribution < 1.29 is 23.4 Å². The highest BCUT2D eigenvalue weighted by Gasteiger charge is 2.50. The van der Waals surface area contributed by atoms with Crippen LogP contribution >= 0.6 is 0 Å². The van der Waals surface area contributed by atoms with Crippen LogP contribution in [0.5, 0.6) is 11.8 Å². The molecule has 4 aliphatic heterocycles. The van der Waals surface area contributed by atoms with Crippen LogP contribution in [-0.4, -0.2) is 87.6 Å². The molecule has 0 saturated carbocycles. The summed E-state index contributed by atoms with van der Waals surface area (Å²) in [4.78, 5) is 18.8. The first-order valence-corrected chi connectivity index (χ1v) is 17.0. The number of halogens is 2. The lowest BCUT2D eigenvalue weighted by molar-refractivity contribution is 0.0134. The van der Waals surface area contributed by atoms with E-state index in [-0.39, 0.29) is 45.7 Å². The van der Waals surface area contributed by atoms with E-state index in [9.17, 15) is 9.50 Å². The van der Waals surface area contributed by atoms with Gasteiger partial charge in [0.25, 0.3) is 0 Å². The van der Waals surface area contributed by atoms with E-state index in [2.05, 4.69) is 44.9 Å². The fraction of sp³-hybridized carbons (Fsp3) is 0.486. The highest BCUT2D eigenvalue weighted by Crippen LogP contribution is 2.44. The number of piperazine rings is 1. The van der Waals surface area contributed by atoms with Crippen LogP contribution in [0.25, 0.3) is 32.9 Å². The predicted octanol–water partition coefficient (Wildman–Crippen LogP) is 5.55. The van der Waals surface area contributed by atoms with Crippen molar-refractivity contribution in [3.8, 4) is 35.4 Å². The van der Waals surface area contributed by atoms with Gasteiger partial charge < -0.3 is 24.8 Å². The van der Waals surface area contributed by atoms with Crippen molar-refractivity contribution in [3.63, 3.8) is 0 Å². The van der Waals surface area contributed by atoms with E-state index < -0.39 is 11.6 Å². The van der Waals surface area contributed by atoms with Gasteiger partial charge in [-0.05, 0) is 82.5 Å². The number of aromatic nitrogens is 3. The summed E-state index contributed by atoms with van der Waals surface area (Å²) in [7, 11) is 0. The predicted molar refractivity (Wildman–Crippen MR) is 180 cm³/mol. The van der Waals surface area contributed by atoms with Gasteiger partial charge in [-0.2, -0.15) is 9.97 Å². The first-order valence-electron chi connectivity index (χ1n) is 17.0. The zero-order valence-electron chi connectivity index (χ0n) is 27.3. The molecule has 2 N–H and O–H groups in total. The Balaban J connectivity index is 1.21. The van der Waals surface area contributed by atoms with Gasteiger partial charge in [0.1, 0.15) is 35.2 Å². The van der Waals surface area contributed by atoms with Gasteiger partial charge in [0, 0.05) is 48.4 Å². The summed E-state index contributed by atoms with van der Waals surface area (Å²) in [5.41, 5.74) is -0.0277. The Bertz CT molecular complexity index is 1940. The fourth-order valence-corrected chi connectivity index (χ4v) is 8.53. The van der Waals surface area contributed by atoms with Crippen LogP contribution in [0.1, 0.15) is 57.9 Å². The summed E-state index contributed by atoms with van der Waals surface area (Å²) in [6.07, 6.45) is 13.7. The van der Waals surface area contributed by atoms with Crippen molar-refractivity contribution in [3.05, 3.63) is 47.7 Å². The molecule has 9 nitrogen and oxygen atoms in total. The highest BCUT2D eigenvalue weighted by molar-refractivity contribution is 6.03. The Morgan fingerprint density at radius 1 is 1.12 bits per heavy atom. The second kappa shape index (κ2) is 12.1. The van der Waals surface area contributed by atoms with Crippen LogP contribution in [0.4, 0.5) is 14.6 Å². The average Bonchev–Trinajstić information content (AvgIpc) is 3.75. The molecule has 4 atom stereocenters. The number of rotatable bonds is 8. The molecule has 0 amide bonds. The molecule has 4 fully saturated rings. The highest BCUT2D eigenvalue weighted by atomic mass is 19.1. The van der Waals surface area contributed by atoms with Gasteiger partial charge in [0.05, 0.1) is 29.2 Å². The molecular weight excluding hydrogens is 614 g/mol. The number of hydrogen-bond acceptors (Lipinski definition) is 9. The number of ether oxygens (including phenoxy) is 2. The Morgan fingerprint density at radius 2 is 1.94 bits per heavy atom. The van der Waals surface area contributed by atoms with E-state index in [1.165, 1.54) is 24.3 Å². The molecule has 4 aromatic rings. The van der Waals surface area contributed by atoms with E-state index >= 15 is 4.39 Å². The maximum Gasteiger partial charge on any atom is 0.319 e. The van der Waals surface area contributed by atoms with Gasteiger partial charge >= 0.3 is 6.01 Å². The number of terminal acetylenes is 1. The number of benzene rings is 2. The molecule has 11 heteroatoms. The van der Waals surface area contributed by atoms with Crippen LogP contribution in [0.3, 0.4) is 0 Å². The molecule has 0 spiro atoms. The summed E-state index contributed by atoms with van der Waals surface area (Å²) < 4.78 is 44.3. The van der Waals surface area contributed by atoms with Crippen LogP contribution in [-0.2, 0) is 4.74 Å². The number of nitrogens with one attached hydrogen (secondary N) is 1. The molecule has 2 aromatic carbocycles. The molecule has 4 saturated heterocycles. The van der Waals surface area contributed by atoms with Gasteiger partial charge in [-0.1, -0.05) is 12.0 Å². The molecule has 4 aliphatic rings. The maximum atomic E-state index is 16.9. The molecule has 2 unspecified atom stereocenters. The molecule has 48 heavy (non-hydrogen) atoms. The molecule has 2 bridgehead atoms. The van der Waals surface area contributed by atoms with E-state index in [0.29, 0.717) is 53.3 Å². The molecular formula is C37H40F2N6O3. The van der Waals surface area contributed by atoms with Crippen molar-refractivity contribution in [2.24, 2.45) is 0 Å². The van der Waals surface area contributed by atoms with E-state index in [0.717, 1.165) is 58.2 Å². The van der Waals surface area contributed by atoms with Crippen molar-refractivity contribution in [2.45, 2.75) is 82.1 Å². The smallest absolute Gasteiger partial charge is 0.319 e. The third kappa shape index (κ3) is 5.31. The van der Waals surface area contributed by atoms with Crippen molar-refractivity contribution in [1.82, 2.24) is 25.2 Å². The number of pyridine rings is 1. The van der Waals surface area contributed by atoms with Gasteiger partial charge in [0.15, 0.2) is 5.82 Å². The Morgan fingerprint density at radius 3 is 2.71 bits per heavy atom. The molecule has 8 rings (SSSR count). The monoisotopic (exact) mass is 654 g/mol. The second-order valence-corrected chi connectivity index (χ2v) is 14.1. The normalized spacial score (nSPS) is 25.3. The van der Waals surface area contributed by atoms with Crippen LogP contribution < -0.4 is 15.0 Å². The lowest BCUT2D eigenvalue weighted by atomic mass is 9.95.